The van der Waals surface area contributed by atoms with Crippen LogP contribution in [0, 0.1) is 16.7 Å². The van der Waals surface area contributed by atoms with Crippen LogP contribution in [0.4, 0.5) is 13.2 Å². The first-order valence-corrected chi connectivity index (χ1v) is 7.08. The number of halogens is 3. The molecule has 0 rings (SSSR count). The summed E-state index contributed by atoms with van der Waals surface area (Å²) in [5, 5.41) is 0. The van der Waals surface area contributed by atoms with Gasteiger partial charge in [0, 0.05) is 0 Å². The Morgan fingerprint density at radius 1 is 1.00 bits per heavy atom. The van der Waals surface area contributed by atoms with Gasteiger partial charge in [0.15, 0.2) is 13.2 Å². The molecule has 0 aromatic rings. The summed E-state index contributed by atoms with van der Waals surface area (Å²) in [6.45, 7) is 8.75. The van der Waals surface area contributed by atoms with Gasteiger partial charge in [-0.15, -0.1) is 0 Å². The molecule has 0 bridgehead atoms. The van der Waals surface area contributed by atoms with Crippen molar-refractivity contribution in [1.29, 1.82) is 0 Å². The van der Waals surface area contributed by atoms with Crippen molar-refractivity contribution in [3.63, 3.8) is 0 Å². The third kappa shape index (κ3) is 6.66. The van der Waals surface area contributed by atoms with Crippen molar-refractivity contribution in [2.45, 2.75) is 54.1 Å². The molecule has 0 aromatic heterocycles. The number of carbonyl (C=O) groups excluding carboxylic acids is 2. The van der Waals surface area contributed by atoms with Crippen LogP contribution >= 0.6 is 0 Å². The smallest absolute Gasteiger partial charge is 0.422 e. The van der Waals surface area contributed by atoms with Crippen LogP contribution in [0.2, 0.25) is 0 Å². The number of esters is 2. The van der Waals surface area contributed by atoms with Crippen molar-refractivity contribution >= 4 is 11.9 Å². The fourth-order valence-corrected chi connectivity index (χ4v) is 2.00. The minimum Gasteiger partial charge on any atom is -0.454 e. The summed E-state index contributed by atoms with van der Waals surface area (Å²) in [6, 6.07) is 0. The van der Waals surface area contributed by atoms with Gasteiger partial charge in [0.25, 0.3) is 0 Å². The molecule has 1 atom stereocenters. The van der Waals surface area contributed by atoms with Crippen LogP contribution in [0.3, 0.4) is 0 Å². The van der Waals surface area contributed by atoms with E-state index in [1.807, 2.05) is 34.6 Å². The zero-order valence-corrected chi connectivity index (χ0v) is 14.0. The van der Waals surface area contributed by atoms with Crippen molar-refractivity contribution in [1.82, 2.24) is 0 Å². The third-order valence-corrected chi connectivity index (χ3v) is 3.64. The number of hydrogen-bond acceptors (Lipinski definition) is 4. The molecule has 0 aliphatic carbocycles. The summed E-state index contributed by atoms with van der Waals surface area (Å²) in [6.07, 6.45) is -4.07. The molecule has 0 fully saturated rings. The molecule has 22 heavy (non-hydrogen) atoms. The Kier molecular flexibility index (Phi) is 6.91. The zero-order chi connectivity index (χ0) is 17.8. The highest BCUT2D eigenvalue weighted by molar-refractivity contribution is 5.80. The van der Waals surface area contributed by atoms with Gasteiger partial charge in [-0.3, -0.25) is 4.79 Å². The van der Waals surface area contributed by atoms with E-state index in [9.17, 15) is 22.8 Å². The summed E-state index contributed by atoms with van der Waals surface area (Å²) in [7, 11) is 0. The lowest BCUT2D eigenvalue weighted by Crippen LogP contribution is -2.43. The topological polar surface area (TPSA) is 52.6 Å². The molecule has 7 heteroatoms. The van der Waals surface area contributed by atoms with Crippen molar-refractivity contribution in [2.24, 2.45) is 16.7 Å². The third-order valence-electron chi connectivity index (χ3n) is 3.64. The van der Waals surface area contributed by atoms with E-state index >= 15 is 0 Å². The Bertz CT molecular complexity index is 397. The summed E-state index contributed by atoms with van der Waals surface area (Å²) in [5.41, 5.74) is -1.28. The predicted octanol–water partition coefficient (Wildman–Crippen LogP) is 3.73. The van der Waals surface area contributed by atoms with E-state index < -0.39 is 42.2 Å². The largest absolute Gasteiger partial charge is 0.454 e. The maximum absolute atomic E-state index is 12.3. The van der Waals surface area contributed by atoms with Gasteiger partial charge in [-0.05, 0) is 24.7 Å². The maximum atomic E-state index is 12.3. The number of rotatable bonds is 6. The molecule has 0 saturated carbocycles. The van der Waals surface area contributed by atoms with Crippen molar-refractivity contribution in [3.05, 3.63) is 0 Å². The number of hydrogen-bond donors (Lipinski definition) is 0. The Labute approximate surface area is 129 Å². The average molecular weight is 326 g/mol. The summed E-state index contributed by atoms with van der Waals surface area (Å²) >= 11 is 0. The molecule has 0 spiro atoms. The van der Waals surface area contributed by atoms with Crippen LogP contribution in [-0.4, -0.2) is 31.3 Å². The van der Waals surface area contributed by atoms with Crippen LogP contribution in [0.5, 0.6) is 0 Å². The van der Waals surface area contributed by atoms with E-state index in [-0.39, 0.29) is 5.92 Å². The van der Waals surface area contributed by atoms with Gasteiger partial charge in [0.2, 0.25) is 0 Å². The Hall–Kier alpha value is -1.27. The van der Waals surface area contributed by atoms with E-state index in [0.29, 0.717) is 6.42 Å². The Balaban J connectivity index is 4.70. The molecule has 0 radical (unpaired) electrons. The van der Waals surface area contributed by atoms with E-state index in [4.69, 9.17) is 4.74 Å². The molecule has 0 aliphatic heterocycles. The van der Waals surface area contributed by atoms with Gasteiger partial charge in [0.05, 0.1) is 5.41 Å². The highest BCUT2D eigenvalue weighted by atomic mass is 19.4. The monoisotopic (exact) mass is 326 g/mol. The molecule has 0 heterocycles. The average Bonchev–Trinajstić information content (AvgIpc) is 2.30. The van der Waals surface area contributed by atoms with Crippen LogP contribution in [-0.2, 0) is 19.1 Å². The molecular formula is C15H25F3O4. The fraction of sp³-hybridized carbons (Fsp3) is 0.867. The number of alkyl halides is 3. The van der Waals surface area contributed by atoms with Gasteiger partial charge >= 0.3 is 18.1 Å². The van der Waals surface area contributed by atoms with E-state index in [0.717, 1.165) is 0 Å². The first-order chi connectivity index (χ1) is 9.69. The van der Waals surface area contributed by atoms with Crippen molar-refractivity contribution in [3.8, 4) is 0 Å². The van der Waals surface area contributed by atoms with E-state index in [1.165, 1.54) is 0 Å². The molecule has 0 amide bonds. The lowest BCUT2D eigenvalue weighted by Gasteiger charge is -2.40. The van der Waals surface area contributed by atoms with Crippen LogP contribution < -0.4 is 0 Å². The molecule has 1 unspecified atom stereocenters. The van der Waals surface area contributed by atoms with E-state index in [2.05, 4.69) is 4.74 Å². The second-order valence-corrected chi connectivity index (χ2v) is 7.03. The molecular weight excluding hydrogens is 301 g/mol. The fourth-order valence-electron chi connectivity index (χ4n) is 2.00. The minimum absolute atomic E-state index is 0.217. The normalized spacial score (nSPS) is 15.4. The summed E-state index contributed by atoms with van der Waals surface area (Å²) in [5.74, 6) is -1.61. The summed E-state index contributed by atoms with van der Waals surface area (Å²) in [4.78, 5) is 23.5. The predicted molar refractivity (Wildman–Crippen MR) is 75.0 cm³/mol. The molecule has 0 N–H and O–H groups in total. The zero-order valence-electron chi connectivity index (χ0n) is 14.0. The number of ether oxygens (including phenoxy) is 2. The Morgan fingerprint density at radius 3 is 1.86 bits per heavy atom. The van der Waals surface area contributed by atoms with E-state index in [1.54, 1.807) is 6.92 Å². The van der Waals surface area contributed by atoms with Gasteiger partial charge in [0.1, 0.15) is 0 Å². The first-order valence-electron chi connectivity index (χ1n) is 7.08. The second-order valence-electron chi connectivity index (χ2n) is 7.03. The molecule has 130 valence electrons. The van der Waals surface area contributed by atoms with Crippen molar-refractivity contribution in [2.75, 3.05) is 13.2 Å². The number of carbonyl (C=O) groups is 2. The second kappa shape index (κ2) is 7.33. The minimum atomic E-state index is -4.60. The van der Waals surface area contributed by atoms with Crippen molar-refractivity contribution < 1.29 is 32.2 Å². The molecule has 4 nitrogen and oxygen atoms in total. The lowest BCUT2D eigenvalue weighted by molar-refractivity contribution is -0.192. The molecule has 0 aliphatic rings. The van der Waals surface area contributed by atoms with Crippen LogP contribution in [0.1, 0.15) is 48.0 Å². The molecule has 0 saturated heterocycles. The first kappa shape index (κ1) is 20.7. The highest BCUT2D eigenvalue weighted by Gasteiger charge is 2.46. The van der Waals surface area contributed by atoms with Gasteiger partial charge < -0.3 is 9.47 Å². The summed E-state index contributed by atoms with van der Waals surface area (Å²) < 4.78 is 44.6. The van der Waals surface area contributed by atoms with Crippen LogP contribution in [0.25, 0.3) is 0 Å². The van der Waals surface area contributed by atoms with Gasteiger partial charge in [-0.2, -0.15) is 13.2 Å². The molecule has 0 aromatic carbocycles. The van der Waals surface area contributed by atoms with Gasteiger partial charge in [-0.1, -0.05) is 34.6 Å². The van der Waals surface area contributed by atoms with Gasteiger partial charge in [-0.25, -0.2) is 4.79 Å². The SMILES string of the molecule is CC(C)CC(C)(C(=O)OCC(=O)OCC(F)(F)F)C(C)(C)C. The maximum Gasteiger partial charge on any atom is 0.422 e. The standard InChI is InChI=1S/C15H25F3O4/c1-10(2)7-14(6,13(3,4)5)12(20)21-8-11(19)22-9-15(16,17)18/h10H,7-9H2,1-6H3. The highest BCUT2D eigenvalue weighted by Crippen LogP contribution is 2.44. The Morgan fingerprint density at radius 2 is 1.50 bits per heavy atom. The van der Waals surface area contributed by atoms with Crippen LogP contribution in [0.15, 0.2) is 0 Å². The quantitative estimate of drug-likeness (QED) is 0.698. The lowest BCUT2D eigenvalue weighted by atomic mass is 9.64.